The molecule has 0 aromatic heterocycles. The van der Waals surface area contributed by atoms with Crippen LogP contribution in [0.15, 0.2) is 54.6 Å². The smallest absolute Gasteiger partial charge is 0.416 e. The van der Waals surface area contributed by atoms with E-state index >= 15 is 0 Å². The molecular formula is C25H18ClF3N2O5. The van der Waals surface area contributed by atoms with E-state index < -0.39 is 42.1 Å². The number of hydrogen-bond acceptors (Lipinski definition) is 5. The number of fused-ring (bicyclic) bond motifs is 5. The van der Waals surface area contributed by atoms with Crippen molar-refractivity contribution in [3.8, 4) is 0 Å². The Morgan fingerprint density at radius 1 is 1.03 bits per heavy atom. The maximum Gasteiger partial charge on any atom is 0.416 e. The van der Waals surface area contributed by atoms with Crippen molar-refractivity contribution in [2.24, 2.45) is 23.7 Å². The molecule has 1 saturated heterocycles. The molecule has 2 fully saturated rings. The van der Waals surface area contributed by atoms with Gasteiger partial charge in [-0.2, -0.15) is 13.2 Å². The van der Waals surface area contributed by atoms with Crippen LogP contribution in [0.25, 0.3) is 0 Å². The summed E-state index contributed by atoms with van der Waals surface area (Å²) in [7, 11) is 0. The first kappa shape index (κ1) is 24.1. The number of carbonyl (C=O) groups is 4. The average Bonchev–Trinajstić information content (AvgIpc) is 3.52. The second-order valence-electron chi connectivity index (χ2n) is 8.88. The number of ether oxygens (including phenoxy) is 1. The van der Waals surface area contributed by atoms with E-state index in [1.54, 1.807) is 0 Å². The predicted molar refractivity (Wildman–Crippen MR) is 122 cm³/mol. The van der Waals surface area contributed by atoms with Crippen molar-refractivity contribution in [1.29, 1.82) is 0 Å². The van der Waals surface area contributed by atoms with Gasteiger partial charge in [0.05, 0.1) is 39.4 Å². The van der Waals surface area contributed by atoms with E-state index in [0.717, 1.165) is 23.5 Å². The zero-order chi connectivity index (χ0) is 25.8. The summed E-state index contributed by atoms with van der Waals surface area (Å²) < 4.78 is 43.7. The minimum Gasteiger partial charge on any atom is -0.452 e. The number of amides is 3. The minimum atomic E-state index is -4.63. The van der Waals surface area contributed by atoms with Crippen LogP contribution in [0.4, 0.5) is 24.5 Å². The molecule has 1 aliphatic heterocycles. The van der Waals surface area contributed by atoms with Crippen LogP contribution in [0.5, 0.6) is 0 Å². The van der Waals surface area contributed by atoms with E-state index in [1.807, 2.05) is 12.2 Å². The molecule has 4 atom stereocenters. The lowest BCUT2D eigenvalue weighted by molar-refractivity contribution is -0.137. The fourth-order valence-electron chi connectivity index (χ4n) is 5.13. The Hall–Kier alpha value is -3.66. The van der Waals surface area contributed by atoms with Crippen molar-refractivity contribution in [3.05, 3.63) is 70.8 Å². The summed E-state index contributed by atoms with van der Waals surface area (Å²) in [6.45, 7) is -0.795. The van der Waals surface area contributed by atoms with E-state index in [4.69, 9.17) is 16.3 Å². The second-order valence-corrected chi connectivity index (χ2v) is 9.29. The Balaban J connectivity index is 1.24. The summed E-state index contributed by atoms with van der Waals surface area (Å²) in [6.07, 6.45) is 0.118. The highest BCUT2D eigenvalue weighted by Gasteiger charge is 2.59. The highest BCUT2D eigenvalue weighted by atomic mass is 35.5. The number of halogens is 4. The standard InChI is InChI=1S/C25H18ClF3N2O5/c26-17-7-6-15(25(27,28)29)10-18(17)30-19(32)11-36-24(35)14-2-1-3-16(9-14)31-22(33)20-12-4-5-13(8-12)21(20)23(31)34/h1-7,9-10,12-13,20-21H,8,11H2,(H,30,32)/t12-,13-,20-,21-/m0/s1. The third-order valence-corrected chi connectivity index (χ3v) is 7.04. The lowest BCUT2D eigenvalue weighted by Gasteiger charge is -2.18. The molecule has 1 N–H and O–H groups in total. The Kier molecular flexibility index (Phi) is 5.86. The molecule has 1 heterocycles. The number of alkyl halides is 3. The highest BCUT2D eigenvalue weighted by Crippen LogP contribution is 2.53. The molecule has 36 heavy (non-hydrogen) atoms. The quantitative estimate of drug-likeness (QED) is 0.358. The van der Waals surface area contributed by atoms with Gasteiger partial charge in [-0.15, -0.1) is 0 Å². The first-order valence-corrected chi connectivity index (χ1v) is 11.4. The summed E-state index contributed by atoms with van der Waals surface area (Å²) in [5, 5.41) is 2.06. The molecule has 3 amide bonds. The SMILES string of the molecule is O=C(COC(=O)c1cccc(N2C(=O)[C@@H]3[C@@H](C2=O)[C@H]2C=C[C@H]3C2)c1)Nc1cc(C(F)(F)F)ccc1Cl. The molecule has 7 nitrogen and oxygen atoms in total. The molecule has 3 aliphatic rings. The number of imide groups is 1. The van der Waals surface area contributed by atoms with Crippen LogP contribution in [0.1, 0.15) is 22.3 Å². The first-order valence-electron chi connectivity index (χ1n) is 11.0. The summed E-state index contributed by atoms with van der Waals surface area (Å²) in [6, 6.07) is 8.18. The molecule has 1 saturated carbocycles. The van der Waals surface area contributed by atoms with E-state index in [9.17, 15) is 32.3 Å². The van der Waals surface area contributed by atoms with E-state index in [2.05, 4.69) is 5.32 Å². The lowest BCUT2D eigenvalue weighted by Crippen LogP contribution is -2.33. The number of rotatable bonds is 5. The van der Waals surface area contributed by atoms with Gasteiger partial charge in [0.15, 0.2) is 6.61 Å². The molecule has 2 aliphatic carbocycles. The summed E-state index contributed by atoms with van der Waals surface area (Å²) in [5.41, 5.74) is -1.06. The number of benzene rings is 2. The van der Waals surface area contributed by atoms with Crippen molar-refractivity contribution >= 4 is 46.7 Å². The molecule has 0 unspecified atom stereocenters. The zero-order valence-electron chi connectivity index (χ0n) is 18.4. The molecule has 2 aromatic rings. The molecule has 2 aromatic carbocycles. The normalized spacial score (nSPS) is 24.3. The van der Waals surface area contributed by atoms with Crippen molar-refractivity contribution in [3.63, 3.8) is 0 Å². The number of nitrogens with one attached hydrogen (secondary N) is 1. The van der Waals surface area contributed by atoms with E-state index in [-0.39, 0.29) is 45.6 Å². The van der Waals surface area contributed by atoms with Gasteiger partial charge in [0.1, 0.15) is 0 Å². The number of allylic oxidation sites excluding steroid dienone is 2. The lowest BCUT2D eigenvalue weighted by atomic mass is 9.85. The monoisotopic (exact) mass is 518 g/mol. The number of esters is 1. The second kappa shape index (κ2) is 8.77. The zero-order valence-corrected chi connectivity index (χ0v) is 19.2. The Labute approximate surface area is 207 Å². The molecule has 2 bridgehead atoms. The largest absolute Gasteiger partial charge is 0.452 e. The van der Waals surface area contributed by atoms with Crippen LogP contribution < -0.4 is 10.2 Å². The Morgan fingerprint density at radius 3 is 2.33 bits per heavy atom. The van der Waals surface area contributed by atoms with Gasteiger partial charge in [0.25, 0.3) is 5.91 Å². The summed E-state index contributed by atoms with van der Waals surface area (Å²) in [4.78, 5) is 51.8. The molecular weight excluding hydrogens is 501 g/mol. The van der Waals surface area contributed by atoms with Crippen molar-refractivity contribution < 1.29 is 37.1 Å². The third-order valence-electron chi connectivity index (χ3n) is 6.71. The Bertz CT molecular complexity index is 1300. The van der Waals surface area contributed by atoms with E-state index in [1.165, 1.54) is 24.3 Å². The van der Waals surface area contributed by atoms with Crippen LogP contribution in [-0.2, 0) is 25.3 Å². The van der Waals surface area contributed by atoms with Crippen LogP contribution in [-0.4, -0.2) is 30.3 Å². The molecule has 0 spiro atoms. The molecule has 11 heteroatoms. The third kappa shape index (κ3) is 4.15. The van der Waals surface area contributed by atoms with Gasteiger partial charge < -0.3 is 10.1 Å². The molecule has 186 valence electrons. The van der Waals surface area contributed by atoms with Crippen molar-refractivity contribution in [2.75, 3.05) is 16.8 Å². The first-order chi connectivity index (χ1) is 17.0. The van der Waals surface area contributed by atoms with Crippen molar-refractivity contribution in [1.82, 2.24) is 0 Å². The van der Waals surface area contributed by atoms with Crippen LogP contribution >= 0.6 is 11.6 Å². The van der Waals surface area contributed by atoms with Crippen molar-refractivity contribution in [2.45, 2.75) is 12.6 Å². The summed E-state index contributed by atoms with van der Waals surface area (Å²) in [5.74, 6) is -3.13. The van der Waals surface area contributed by atoms with Crippen LogP contribution in [0, 0.1) is 23.7 Å². The topological polar surface area (TPSA) is 92.8 Å². The maximum absolute atomic E-state index is 13.0. The number of carbonyl (C=O) groups excluding carboxylic acids is 4. The fraction of sp³-hybridized carbons (Fsp3) is 0.280. The summed E-state index contributed by atoms with van der Waals surface area (Å²) >= 11 is 5.86. The molecule has 5 rings (SSSR count). The Morgan fingerprint density at radius 2 is 1.69 bits per heavy atom. The maximum atomic E-state index is 13.0. The average molecular weight is 519 g/mol. The van der Waals surface area contributed by atoms with Gasteiger partial charge >= 0.3 is 12.1 Å². The van der Waals surface area contributed by atoms with Gasteiger partial charge in [-0.25, -0.2) is 9.69 Å². The van der Waals surface area contributed by atoms with E-state index in [0.29, 0.717) is 6.07 Å². The highest BCUT2D eigenvalue weighted by molar-refractivity contribution is 6.33. The predicted octanol–water partition coefficient (Wildman–Crippen LogP) is 4.47. The number of nitrogens with zero attached hydrogens (tertiary/aromatic N) is 1. The van der Waals surface area contributed by atoms with Crippen LogP contribution in [0.3, 0.4) is 0 Å². The van der Waals surface area contributed by atoms with Gasteiger partial charge in [-0.1, -0.05) is 29.8 Å². The minimum absolute atomic E-state index is 0.00356. The van der Waals surface area contributed by atoms with Gasteiger partial charge in [0, 0.05) is 0 Å². The number of anilines is 2. The van der Waals surface area contributed by atoms with Gasteiger partial charge in [-0.05, 0) is 54.7 Å². The fourth-order valence-corrected chi connectivity index (χ4v) is 5.29. The van der Waals surface area contributed by atoms with Gasteiger partial charge in [0.2, 0.25) is 11.8 Å². The molecule has 0 radical (unpaired) electrons. The van der Waals surface area contributed by atoms with Gasteiger partial charge in [-0.3, -0.25) is 14.4 Å². The number of hydrogen-bond donors (Lipinski definition) is 1. The van der Waals surface area contributed by atoms with Crippen LogP contribution in [0.2, 0.25) is 5.02 Å².